The molecule has 0 aliphatic carbocycles. The van der Waals surface area contributed by atoms with E-state index in [-0.39, 0.29) is 6.49 Å². The zero-order chi connectivity index (χ0) is 13.4. The molecular formula is C8H13B6F3. The van der Waals surface area contributed by atoms with Gasteiger partial charge in [0.25, 0.3) is 0 Å². The van der Waals surface area contributed by atoms with Crippen LogP contribution < -0.4 is 16.4 Å². The minimum Gasteiger partial charge on any atom is -0.166 e. The molecule has 0 aliphatic rings. The summed E-state index contributed by atoms with van der Waals surface area (Å²) < 4.78 is 39.6. The van der Waals surface area contributed by atoms with Gasteiger partial charge in [0.2, 0.25) is 0 Å². The Kier molecular flexibility index (Phi) is 4.21. The Hall–Kier alpha value is -0.600. The molecule has 0 radical (unpaired) electrons. The molecule has 0 nitrogen and oxygen atoms in total. The van der Waals surface area contributed by atoms with Crippen molar-refractivity contribution in [2.75, 3.05) is 0 Å². The highest BCUT2D eigenvalue weighted by Gasteiger charge is 2.37. The number of hydrogen-bond acceptors (Lipinski definition) is 0. The summed E-state index contributed by atoms with van der Waals surface area (Å²) >= 11 is 0. The second-order valence-electron chi connectivity index (χ2n) is 4.78. The highest BCUT2D eigenvalue weighted by atomic mass is 19.4. The third-order valence-corrected chi connectivity index (χ3v) is 3.12. The standard InChI is InChI=1S/C8H13B6F3/c1-3-2-4(9)6(13-10)5(8(15,16)17)7(3)14(11)12/h2,13H,9-12H2,1H3. The maximum Gasteiger partial charge on any atom is 0.415 e. The van der Waals surface area contributed by atoms with Crippen molar-refractivity contribution in [3.05, 3.63) is 17.2 Å². The van der Waals surface area contributed by atoms with Crippen LogP contribution in [-0.4, -0.2) is 44.7 Å². The van der Waals surface area contributed by atoms with Gasteiger partial charge < -0.3 is 0 Å². The maximum atomic E-state index is 13.2. The zero-order valence-electron chi connectivity index (χ0n) is 11.0. The first-order valence-corrected chi connectivity index (χ1v) is 5.90. The van der Waals surface area contributed by atoms with Crippen LogP contribution in [0.25, 0.3) is 0 Å². The number of alkyl halides is 3. The van der Waals surface area contributed by atoms with Crippen LogP contribution in [0.3, 0.4) is 0 Å². The van der Waals surface area contributed by atoms with Gasteiger partial charge in [-0.3, -0.25) is 0 Å². The fourth-order valence-electron chi connectivity index (χ4n) is 2.57. The highest BCUT2D eigenvalue weighted by molar-refractivity contribution is 7.35. The molecule has 0 heterocycles. The lowest BCUT2D eigenvalue weighted by atomic mass is 9.16. The quantitative estimate of drug-likeness (QED) is 0.453. The predicted molar refractivity (Wildman–Crippen MR) is 82.2 cm³/mol. The fraction of sp³-hybridized carbons (Fsp3) is 0.250. The van der Waals surface area contributed by atoms with Gasteiger partial charge in [-0.25, -0.2) is 0 Å². The van der Waals surface area contributed by atoms with Gasteiger partial charge in [0.15, 0.2) is 0 Å². The van der Waals surface area contributed by atoms with Crippen LogP contribution in [-0.2, 0) is 6.18 Å². The Labute approximate surface area is 105 Å². The van der Waals surface area contributed by atoms with Crippen molar-refractivity contribution in [2.24, 2.45) is 0 Å². The Bertz CT molecular complexity index is 428. The minimum absolute atomic E-state index is 0.113. The monoisotopic (exact) mass is 232 g/mol. The summed E-state index contributed by atoms with van der Waals surface area (Å²) in [4.78, 5) is 0. The van der Waals surface area contributed by atoms with Crippen molar-refractivity contribution in [1.29, 1.82) is 0 Å². The van der Waals surface area contributed by atoms with E-state index < -0.39 is 11.7 Å². The van der Waals surface area contributed by atoms with E-state index in [1.165, 1.54) is 0 Å². The van der Waals surface area contributed by atoms with E-state index in [0.717, 1.165) is 11.0 Å². The molecule has 0 aromatic heterocycles. The third-order valence-electron chi connectivity index (χ3n) is 3.12. The Morgan fingerprint density at radius 1 is 1.29 bits per heavy atom. The lowest BCUT2D eigenvalue weighted by Gasteiger charge is -2.23. The molecule has 1 aromatic rings. The SMILES string of the molecule is BBc1c(B)cc(C)c(B(B)B)c1C(F)(F)F. The average molecular weight is 231 g/mol. The average Bonchev–Trinajstić information content (AvgIpc) is 2.14. The zero-order valence-corrected chi connectivity index (χ0v) is 11.0. The van der Waals surface area contributed by atoms with Crippen LogP contribution in [0.5, 0.6) is 0 Å². The lowest BCUT2D eigenvalue weighted by molar-refractivity contribution is -0.135. The molecule has 1 rings (SSSR count). The van der Waals surface area contributed by atoms with Crippen molar-refractivity contribution in [2.45, 2.75) is 13.1 Å². The van der Waals surface area contributed by atoms with Gasteiger partial charge in [0, 0.05) is 5.56 Å². The van der Waals surface area contributed by atoms with Gasteiger partial charge in [0.05, 0.1) is 23.2 Å². The van der Waals surface area contributed by atoms with Crippen LogP contribution in [0, 0.1) is 6.92 Å². The van der Waals surface area contributed by atoms with Crippen LogP contribution >= 0.6 is 0 Å². The summed E-state index contributed by atoms with van der Waals surface area (Å²) in [7, 11) is 7.57. The summed E-state index contributed by atoms with van der Waals surface area (Å²) in [5, 5.41) is 0. The van der Waals surface area contributed by atoms with Crippen molar-refractivity contribution in [1.82, 2.24) is 0 Å². The van der Waals surface area contributed by atoms with Crippen LogP contribution in [0.4, 0.5) is 13.2 Å². The molecule has 0 N–H and O–H groups in total. The van der Waals surface area contributed by atoms with Gasteiger partial charge in [-0.05, 0) is 6.92 Å². The summed E-state index contributed by atoms with van der Waals surface area (Å²) in [6.07, 6.45) is -4.26. The number of halogens is 3. The Balaban J connectivity index is 3.70. The van der Waals surface area contributed by atoms with Crippen LogP contribution in [0.2, 0.25) is 0 Å². The largest absolute Gasteiger partial charge is 0.415 e. The van der Waals surface area contributed by atoms with E-state index in [2.05, 4.69) is 0 Å². The molecule has 0 bridgehead atoms. The maximum absolute atomic E-state index is 13.2. The molecule has 1 aromatic carbocycles. The first-order chi connectivity index (χ1) is 7.70. The van der Waals surface area contributed by atoms with Gasteiger partial charge >= 0.3 is 6.18 Å². The molecule has 0 unspecified atom stereocenters. The van der Waals surface area contributed by atoms with Crippen molar-refractivity contribution in [3.8, 4) is 0 Å². The van der Waals surface area contributed by atoms with E-state index in [9.17, 15) is 13.2 Å². The minimum atomic E-state index is -4.26. The highest BCUT2D eigenvalue weighted by Crippen LogP contribution is 2.26. The van der Waals surface area contributed by atoms with Crippen LogP contribution in [0.1, 0.15) is 11.1 Å². The number of aryl methyl sites for hydroxylation is 1. The van der Waals surface area contributed by atoms with Crippen molar-refractivity contribution < 1.29 is 13.2 Å². The number of rotatable bonds is 2. The van der Waals surface area contributed by atoms with E-state index in [1.807, 2.05) is 21.5 Å². The van der Waals surface area contributed by atoms with E-state index in [0.29, 0.717) is 18.1 Å². The molecule has 0 saturated carbocycles. The Morgan fingerprint density at radius 3 is 2.18 bits per heavy atom. The van der Waals surface area contributed by atoms with Crippen molar-refractivity contribution in [3.63, 3.8) is 0 Å². The van der Waals surface area contributed by atoms with Gasteiger partial charge in [-0.1, -0.05) is 28.0 Å². The first-order valence-electron chi connectivity index (χ1n) is 5.90. The normalized spacial score (nSPS) is 11.3. The van der Waals surface area contributed by atoms with Gasteiger partial charge in [-0.2, -0.15) is 13.2 Å². The molecule has 0 atom stereocenters. The second kappa shape index (κ2) is 4.95. The summed E-state index contributed by atoms with van der Waals surface area (Å²) in [5.74, 6) is 0. The fourth-order valence-corrected chi connectivity index (χ4v) is 2.57. The molecule has 0 spiro atoms. The topological polar surface area (TPSA) is 0 Å². The van der Waals surface area contributed by atoms with E-state index in [1.54, 1.807) is 22.5 Å². The number of hydrogen-bond donors (Lipinski definition) is 0. The van der Waals surface area contributed by atoms with E-state index >= 15 is 0 Å². The second-order valence-corrected chi connectivity index (χ2v) is 4.78. The van der Waals surface area contributed by atoms with Gasteiger partial charge in [-0.15, -0.1) is 0 Å². The molecule has 84 valence electrons. The molecule has 0 fully saturated rings. The molecule has 9 heteroatoms. The molecule has 17 heavy (non-hydrogen) atoms. The molecule has 0 saturated heterocycles. The summed E-state index contributed by atoms with van der Waals surface area (Å²) in [6, 6.07) is 1.86. The van der Waals surface area contributed by atoms with E-state index in [4.69, 9.17) is 0 Å². The molecule has 0 amide bonds. The summed E-state index contributed by atoms with van der Waals surface area (Å²) in [5.41, 5.74) is 1.95. The van der Waals surface area contributed by atoms with Crippen molar-refractivity contribution >= 4 is 61.1 Å². The molecular weight excluding hydrogens is 218 g/mol. The lowest BCUT2D eigenvalue weighted by Crippen LogP contribution is -2.50. The smallest absolute Gasteiger partial charge is 0.166 e. The number of benzene rings is 1. The predicted octanol–water partition coefficient (Wildman–Crippen LogP) is -4.16. The van der Waals surface area contributed by atoms with Gasteiger partial charge in [0.1, 0.15) is 21.5 Å². The Morgan fingerprint density at radius 2 is 1.82 bits per heavy atom. The summed E-state index contributed by atoms with van der Waals surface area (Å²) in [6.45, 7) is 1.65. The third kappa shape index (κ3) is 2.80. The first kappa shape index (κ1) is 14.5. The molecule has 0 aliphatic heterocycles. The van der Waals surface area contributed by atoms with Crippen LogP contribution in [0.15, 0.2) is 6.07 Å².